The first-order valence-electron chi connectivity index (χ1n) is 9.15. The van der Waals surface area contributed by atoms with Crippen molar-refractivity contribution in [2.45, 2.75) is 26.7 Å². The van der Waals surface area contributed by atoms with E-state index in [-0.39, 0.29) is 5.97 Å². The Labute approximate surface area is 164 Å². The van der Waals surface area contributed by atoms with E-state index in [1.54, 1.807) is 0 Å². The van der Waals surface area contributed by atoms with Crippen molar-refractivity contribution in [2.24, 2.45) is 7.05 Å². The number of halogens is 1. The minimum absolute atomic E-state index is 0.277. The Morgan fingerprint density at radius 3 is 2.70 bits per heavy atom. The molecule has 0 saturated heterocycles. The summed E-state index contributed by atoms with van der Waals surface area (Å²) in [6.07, 6.45) is 1.53. The van der Waals surface area contributed by atoms with E-state index in [1.807, 2.05) is 61.9 Å². The van der Waals surface area contributed by atoms with Crippen LogP contribution in [-0.2, 0) is 18.2 Å². The summed E-state index contributed by atoms with van der Waals surface area (Å²) in [6, 6.07) is 13.7. The van der Waals surface area contributed by atoms with E-state index < -0.39 is 0 Å². The third-order valence-corrected chi connectivity index (χ3v) is 5.07. The van der Waals surface area contributed by atoms with E-state index in [1.165, 1.54) is 0 Å². The van der Waals surface area contributed by atoms with E-state index in [0.717, 1.165) is 45.6 Å². The molecule has 0 saturated carbocycles. The average Bonchev–Trinajstić information content (AvgIpc) is 2.94. The molecule has 1 aromatic heterocycles. The number of esters is 1. The van der Waals surface area contributed by atoms with Gasteiger partial charge in [0.2, 0.25) is 0 Å². The van der Waals surface area contributed by atoms with Crippen LogP contribution in [0.1, 0.15) is 35.0 Å². The normalized spacial score (nSPS) is 11.0. The van der Waals surface area contributed by atoms with Gasteiger partial charge in [-0.25, -0.2) is 4.79 Å². The number of benzene rings is 2. The highest BCUT2D eigenvalue weighted by Crippen LogP contribution is 2.27. The molecule has 0 aliphatic heterocycles. The summed E-state index contributed by atoms with van der Waals surface area (Å²) in [7, 11) is 1.91. The Morgan fingerprint density at radius 2 is 1.96 bits per heavy atom. The van der Waals surface area contributed by atoms with Gasteiger partial charge in [-0.2, -0.15) is 0 Å². The van der Waals surface area contributed by atoms with E-state index >= 15 is 0 Å². The molecule has 2 aromatic carbocycles. The molecular weight excluding hydrogens is 362 g/mol. The summed E-state index contributed by atoms with van der Waals surface area (Å²) >= 11 is 6.05. The van der Waals surface area contributed by atoms with Gasteiger partial charge in [-0.05, 0) is 62.1 Å². The van der Waals surface area contributed by atoms with Crippen molar-refractivity contribution in [3.63, 3.8) is 0 Å². The Kier molecular flexibility index (Phi) is 6.07. The van der Waals surface area contributed by atoms with E-state index in [0.29, 0.717) is 18.9 Å². The molecular formula is C22H24ClNO3. The van der Waals surface area contributed by atoms with Crippen LogP contribution in [0.3, 0.4) is 0 Å². The largest absolute Gasteiger partial charge is 0.494 e. The van der Waals surface area contributed by atoms with Crippen molar-refractivity contribution in [1.82, 2.24) is 4.57 Å². The third kappa shape index (κ3) is 4.11. The highest BCUT2D eigenvalue weighted by molar-refractivity contribution is 6.31. The number of hydrogen-bond acceptors (Lipinski definition) is 3. The van der Waals surface area contributed by atoms with Crippen LogP contribution >= 0.6 is 11.6 Å². The van der Waals surface area contributed by atoms with E-state index in [2.05, 4.69) is 6.07 Å². The Bertz CT molecular complexity index is 962. The molecule has 1 heterocycles. The molecule has 0 N–H and O–H groups in total. The zero-order valence-corrected chi connectivity index (χ0v) is 16.7. The first-order chi connectivity index (χ1) is 13.0. The molecule has 5 heteroatoms. The van der Waals surface area contributed by atoms with Gasteiger partial charge in [0.15, 0.2) is 0 Å². The lowest BCUT2D eigenvalue weighted by Crippen LogP contribution is -2.12. The number of aromatic nitrogens is 1. The molecule has 0 aliphatic rings. The van der Waals surface area contributed by atoms with Gasteiger partial charge >= 0.3 is 5.97 Å². The second kappa shape index (κ2) is 8.49. The highest BCUT2D eigenvalue weighted by atomic mass is 35.5. The van der Waals surface area contributed by atoms with Crippen LogP contribution in [0.25, 0.3) is 10.9 Å². The lowest BCUT2D eigenvalue weighted by molar-refractivity contribution is 0.0514. The Hall–Kier alpha value is -2.46. The Morgan fingerprint density at radius 1 is 1.19 bits per heavy atom. The van der Waals surface area contributed by atoms with Crippen LogP contribution in [0, 0.1) is 6.92 Å². The smallest absolute Gasteiger partial charge is 0.355 e. The molecule has 0 aliphatic carbocycles. The lowest BCUT2D eigenvalue weighted by atomic mass is 10.1. The molecule has 0 radical (unpaired) electrons. The molecule has 0 bridgehead atoms. The highest BCUT2D eigenvalue weighted by Gasteiger charge is 2.21. The molecule has 27 heavy (non-hydrogen) atoms. The summed E-state index contributed by atoms with van der Waals surface area (Å²) in [5, 5.41) is 1.82. The number of para-hydroxylation sites is 1. The average molecular weight is 386 g/mol. The number of aryl methyl sites for hydroxylation is 3. The maximum Gasteiger partial charge on any atom is 0.355 e. The van der Waals surface area contributed by atoms with Crippen molar-refractivity contribution in [2.75, 3.05) is 13.2 Å². The van der Waals surface area contributed by atoms with Gasteiger partial charge < -0.3 is 14.0 Å². The quantitative estimate of drug-likeness (QED) is 0.407. The number of hydrogen-bond donors (Lipinski definition) is 0. The molecule has 0 spiro atoms. The van der Waals surface area contributed by atoms with Gasteiger partial charge in [-0.3, -0.25) is 0 Å². The summed E-state index contributed by atoms with van der Waals surface area (Å²) < 4.78 is 13.0. The van der Waals surface area contributed by atoms with Crippen LogP contribution < -0.4 is 4.74 Å². The molecule has 0 atom stereocenters. The molecule has 0 amide bonds. The maximum atomic E-state index is 12.5. The molecule has 3 rings (SSSR count). The van der Waals surface area contributed by atoms with Gasteiger partial charge in [0.1, 0.15) is 11.4 Å². The van der Waals surface area contributed by atoms with Crippen molar-refractivity contribution in [1.29, 1.82) is 0 Å². The number of nitrogens with zero attached hydrogens (tertiary/aromatic N) is 1. The van der Waals surface area contributed by atoms with Crippen LogP contribution in [-0.4, -0.2) is 23.8 Å². The predicted molar refractivity (Wildman–Crippen MR) is 109 cm³/mol. The monoisotopic (exact) mass is 385 g/mol. The van der Waals surface area contributed by atoms with Crippen LogP contribution in [0.15, 0.2) is 42.5 Å². The topological polar surface area (TPSA) is 40.5 Å². The number of rotatable bonds is 7. The van der Waals surface area contributed by atoms with Crippen LogP contribution in [0.5, 0.6) is 5.75 Å². The van der Waals surface area contributed by atoms with Gasteiger partial charge in [-0.1, -0.05) is 29.8 Å². The first kappa shape index (κ1) is 19.3. The first-order valence-corrected chi connectivity index (χ1v) is 9.53. The number of fused-ring (bicyclic) bond motifs is 1. The molecule has 0 fully saturated rings. The van der Waals surface area contributed by atoms with Crippen LogP contribution in [0.4, 0.5) is 0 Å². The van der Waals surface area contributed by atoms with Crippen molar-refractivity contribution < 1.29 is 14.3 Å². The van der Waals surface area contributed by atoms with Gasteiger partial charge in [0.05, 0.1) is 13.2 Å². The van der Waals surface area contributed by atoms with E-state index in [4.69, 9.17) is 21.1 Å². The second-order valence-electron chi connectivity index (χ2n) is 6.49. The third-order valence-electron chi connectivity index (χ3n) is 4.65. The fraction of sp³-hybridized carbons (Fsp3) is 0.318. The van der Waals surface area contributed by atoms with Crippen molar-refractivity contribution in [3.05, 3.63) is 64.3 Å². The predicted octanol–water partition coefficient (Wildman–Crippen LogP) is 5.33. The summed E-state index contributed by atoms with van der Waals surface area (Å²) in [4.78, 5) is 12.5. The fourth-order valence-corrected chi connectivity index (χ4v) is 3.45. The molecule has 142 valence electrons. The van der Waals surface area contributed by atoms with Crippen molar-refractivity contribution >= 4 is 28.5 Å². The fourth-order valence-electron chi connectivity index (χ4n) is 3.33. The van der Waals surface area contributed by atoms with Gasteiger partial charge in [0.25, 0.3) is 0 Å². The Balaban J connectivity index is 1.76. The number of carbonyl (C=O) groups is 1. The molecule has 4 nitrogen and oxygen atoms in total. The van der Waals surface area contributed by atoms with Crippen molar-refractivity contribution in [3.8, 4) is 5.75 Å². The SMILES string of the molecule is CCOC(=O)c1c(CCCOc2ccc(Cl)c(C)c2)c2ccccc2n1C. The summed E-state index contributed by atoms with van der Waals surface area (Å²) in [6.45, 7) is 4.70. The van der Waals surface area contributed by atoms with Gasteiger partial charge in [-0.15, -0.1) is 0 Å². The molecule has 0 unspecified atom stereocenters. The zero-order chi connectivity index (χ0) is 19.4. The van der Waals surface area contributed by atoms with E-state index in [9.17, 15) is 4.79 Å². The minimum Gasteiger partial charge on any atom is -0.494 e. The lowest BCUT2D eigenvalue weighted by Gasteiger charge is -2.09. The second-order valence-corrected chi connectivity index (χ2v) is 6.89. The van der Waals surface area contributed by atoms with Gasteiger partial charge in [0, 0.05) is 23.0 Å². The molecule has 3 aromatic rings. The standard InChI is InChI=1S/C22H24ClNO3/c1-4-26-22(25)21-18(17-8-5-6-10-20(17)24(21)3)9-7-13-27-16-11-12-19(23)15(2)14-16/h5-6,8,10-12,14H,4,7,9,13H2,1-3H3. The van der Waals surface area contributed by atoms with Crippen LogP contribution in [0.2, 0.25) is 5.02 Å². The number of carbonyl (C=O) groups excluding carboxylic acids is 1. The zero-order valence-electron chi connectivity index (χ0n) is 15.9. The summed E-state index contributed by atoms with van der Waals surface area (Å²) in [5.41, 5.74) is 3.67. The number of ether oxygens (including phenoxy) is 2. The summed E-state index contributed by atoms with van der Waals surface area (Å²) in [5.74, 6) is 0.529. The maximum absolute atomic E-state index is 12.5. The minimum atomic E-state index is -0.277.